The number of fused-ring (bicyclic) bond motifs is 1. The molecule has 0 unspecified atom stereocenters. The van der Waals surface area contributed by atoms with Crippen LogP contribution in [0.5, 0.6) is 5.75 Å². The third-order valence-electron chi connectivity index (χ3n) is 6.58. The first kappa shape index (κ1) is 27.2. The number of carbonyl (C=O) groups excluding carboxylic acids is 1. The summed E-state index contributed by atoms with van der Waals surface area (Å²) in [5.41, 5.74) is 4.65. The topological polar surface area (TPSA) is 111 Å². The van der Waals surface area contributed by atoms with Gasteiger partial charge >= 0.3 is 12.1 Å². The van der Waals surface area contributed by atoms with E-state index in [0.29, 0.717) is 51.5 Å². The number of carboxylic acid groups (broad SMARTS) is 1. The summed E-state index contributed by atoms with van der Waals surface area (Å²) in [5, 5.41) is 9.19. The van der Waals surface area contributed by atoms with Gasteiger partial charge in [-0.15, -0.1) is 0 Å². The molecule has 1 amide bonds. The molecule has 1 aromatic carbocycles. The molecular formula is C29H34N2O7. The number of ether oxygens (including phenoxy) is 3. The van der Waals surface area contributed by atoms with Crippen molar-refractivity contribution in [3.63, 3.8) is 0 Å². The molecule has 2 aromatic rings. The van der Waals surface area contributed by atoms with Crippen LogP contribution >= 0.6 is 0 Å². The Balaban J connectivity index is 1.45. The number of methoxy groups -OCH3 is 1. The third-order valence-corrected chi connectivity index (χ3v) is 6.58. The highest BCUT2D eigenvalue weighted by molar-refractivity contribution is 5.70. The minimum Gasteiger partial charge on any atom is -0.493 e. The van der Waals surface area contributed by atoms with E-state index in [1.807, 2.05) is 37.3 Å². The summed E-state index contributed by atoms with van der Waals surface area (Å²) in [5.74, 6) is 1.26. The fourth-order valence-electron chi connectivity index (χ4n) is 4.56. The Bertz CT molecular complexity index is 1240. The maximum absolute atomic E-state index is 12.5. The zero-order valence-electron chi connectivity index (χ0n) is 21.9. The van der Waals surface area contributed by atoms with Gasteiger partial charge in [-0.1, -0.05) is 30.4 Å². The summed E-state index contributed by atoms with van der Waals surface area (Å²) < 4.78 is 22.4. The lowest BCUT2D eigenvalue weighted by atomic mass is 9.92. The predicted octanol–water partition coefficient (Wildman–Crippen LogP) is 4.66. The van der Waals surface area contributed by atoms with Crippen LogP contribution in [0, 0.1) is 6.92 Å². The number of hydrogen-bond acceptors (Lipinski definition) is 7. The molecule has 9 nitrogen and oxygen atoms in total. The molecule has 0 saturated carbocycles. The van der Waals surface area contributed by atoms with Crippen molar-refractivity contribution in [1.82, 2.24) is 9.88 Å². The van der Waals surface area contributed by atoms with Gasteiger partial charge in [0.15, 0.2) is 0 Å². The van der Waals surface area contributed by atoms with Gasteiger partial charge in [-0.3, -0.25) is 4.79 Å². The van der Waals surface area contributed by atoms with Crippen LogP contribution in [0.25, 0.3) is 5.57 Å². The molecular weight excluding hydrogens is 488 g/mol. The minimum absolute atomic E-state index is 0.0143. The van der Waals surface area contributed by atoms with E-state index < -0.39 is 12.1 Å². The van der Waals surface area contributed by atoms with Gasteiger partial charge in [0.2, 0.25) is 5.89 Å². The molecule has 0 saturated heterocycles. The standard InChI is InChI=1S/C29H34N2O7/c1-20-25(30-28(38-20)22-7-5-3-4-6-8-22)14-16-36-26-11-9-21(10-12-27(32)33)24-19-31(15-13-23(24)26)29(34)37-18-17-35-2/h3-5,7-9,11H,6,10,12-19H2,1-2H3,(H,32,33). The van der Waals surface area contributed by atoms with Crippen molar-refractivity contribution in [2.24, 2.45) is 0 Å². The second-order valence-corrected chi connectivity index (χ2v) is 9.16. The number of benzene rings is 1. The highest BCUT2D eigenvalue weighted by Crippen LogP contribution is 2.32. The zero-order chi connectivity index (χ0) is 26.9. The largest absolute Gasteiger partial charge is 0.493 e. The molecule has 202 valence electrons. The van der Waals surface area contributed by atoms with E-state index in [4.69, 9.17) is 23.6 Å². The molecule has 1 aliphatic carbocycles. The highest BCUT2D eigenvalue weighted by atomic mass is 16.6. The van der Waals surface area contributed by atoms with E-state index in [0.717, 1.165) is 45.9 Å². The molecule has 38 heavy (non-hydrogen) atoms. The average molecular weight is 523 g/mol. The molecule has 0 atom stereocenters. The number of nitrogens with zero attached hydrogens (tertiary/aromatic N) is 2. The van der Waals surface area contributed by atoms with Gasteiger partial charge in [0.05, 0.1) is 18.9 Å². The van der Waals surface area contributed by atoms with Crippen LogP contribution in [-0.4, -0.2) is 60.5 Å². The Labute approximate surface area is 222 Å². The molecule has 2 aliphatic rings. The van der Waals surface area contributed by atoms with Gasteiger partial charge in [-0.05, 0) is 49.5 Å². The second-order valence-electron chi connectivity index (χ2n) is 9.16. The number of amides is 1. The summed E-state index contributed by atoms with van der Waals surface area (Å²) in [4.78, 5) is 30.1. The Kier molecular flexibility index (Phi) is 9.37. The number of hydrogen-bond donors (Lipinski definition) is 1. The zero-order valence-corrected chi connectivity index (χ0v) is 21.9. The molecule has 0 spiro atoms. The Morgan fingerprint density at radius 3 is 2.82 bits per heavy atom. The van der Waals surface area contributed by atoms with Gasteiger partial charge in [0.1, 0.15) is 18.1 Å². The maximum Gasteiger partial charge on any atom is 0.410 e. The van der Waals surface area contributed by atoms with Crippen LogP contribution in [0.4, 0.5) is 4.79 Å². The molecule has 4 rings (SSSR count). The lowest BCUT2D eigenvalue weighted by Gasteiger charge is -2.31. The molecule has 0 radical (unpaired) electrons. The van der Waals surface area contributed by atoms with Crippen molar-refractivity contribution in [2.75, 3.05) is 33.5 Å². The Morgan fingerprint density at radius 1 is 1.13 bits per heavy atom. The fourth-order valence-corrected chi connectivity index (χ4v) is 4.56. The molecule has 2 heterocycles. The summed E-state index contributed by atoms with van der Waals surface area (Å²) in [6.45, 7) is 3.66. The van der Waals surface area contributed by atoms with E-state index in [1.54, 1.807) is 12.0 Å². The van der Waals surface area contributed by atoms with Gasteiger partial charge in [-0.25, -0.2) is 9.78 Å². The van der Waals surface area contributed by atoms with Crippen LogP contribution in [0.3, 0.4) is 0 Å². The Morgan fingerprint density at radius 2 is 2.00 bits per heavy atom. The van der Waals surface area contributed by atoms with Crippen molar-refractivity contribution in [1.29, 1.82) is 0 Å². The first-order valence-corrected chi connectivity index (χ1v) is 12.8. The number of oxazole rings is 1. The summed E-state index contributed by atoms with van der Waals surface area (Å²) in [7, 11) is 1.55. The fraction of sp³-hybridized carbons (Fsp3) is 0.414. The molecule has 0 fully saturated rings. The monoisotopic (exact) mass is 522 g/mol. The number of carboxylic acids is 1. The smallest absolute Gasteiger partial charge is 0.410 e. The van der Waals surface area contributed by atoms with Crippen molar-refractivity contribution in [3.8, 4) is 5.75 Å². The average Bonchev–Trinajstić information content (AvgIpc) is 3.09. The number of rotatable bonds is 11. The highest BCUT2D eigenvalue weighted by Gasteiger charge is 2.26. The van der Waals surface area contributed by atoms with Crippen LogP contribution in [-0.2, 0) is 40.1 Å². The lowest BCUT2D eigenvalue weighted by molar-refractivity contribution is -0.136. The molecule has 1 aromatic heterocycles. The normalized spacial score (nSPS) is 14.6. The van der Waals surface area contributed by atoms with Gasteiger partial charge in [0, 0.05) is 44.2 Å². The van der Waals surface area contributed by atoms with Crippen molar-refractivity contribution >= 4 is 17.6 Å². The minimum atomic E-state index is -0.862. The summed E-state index contributed by atoms with van der Waals surface area (Å²) in [6.07, 6.45) is 12.1. The van der Waals surface area contributed by atoms with Gasteiger partial charge in [-0.2, -0.15) is 0 Å². The number of aromatic nitrogens is 1. The third kappa shape index (κ3) is 6.92. The van der Waals surface area contributed by atoms with Crippen molar-refractivity contribution in [2.45, 2.75) is 45.6 Å². The molecule has 0 bridgehead atoms. The van der Waals surface area contributed by atoms with Crippen molar-refractivity contribution in [3.05, 3.63) is 76.5 Å². The summed E-state index contributed by atoms with van der Waals surface area (Å²) in [6, 6.07) is 3.80. The van der Waals surface area contributed by atoms with E-state index in [-0.39, 0.29) is 13.0 Å². The molecule has 1 N–H and O–H groups in total. The van der Waals surface area contributed by atoms with Crippen LogP contribution in [0.1, 0.15) is 46.9 Å². The Hall–Kier alpha value is -3.85. The van der Waals surface area contributed by atoms with Crippen molar-refractivity contribution < 1.29 is 33.3 Å². The molecule has 1 aliphatic heterocycles. The number of carbonyl (C=O) groups is 2. The predicted molar refractivity (Wildman–Crippen MR) is 141 cm³/mol. The van der Waals surface area contributed by atoms with Crippen LogP contribution < -0.4 is 4.74 Å². The number of allylic oxidation sites excluding steroid dienone is 6. The number of aliphatic carboxylic acids is 1. The van der Waals surface area contributed by atoms with E-state index in [2.05, 4.69) is 12.2 Å². The first-order valence-electron chi connectivity index (χ1n) is 12.8. The van der Waals surface area contributed by atoms with Crippen LogP contribution in [0.15, 0.2) is 46.9 Å². The van der Waals surface area contributed by atoms with E-state index in [9.17, 15) is 14.7 Å². The van der Waals surface area contributed by atoms with Crippen LogP contribution in [0.2, 0.25) is 0 Å². The van der Waals surface area contributed by atoms with E-state index in [1.165, 1.54) is 0 Å². The number of aryl methyl sites for hydroxylation is 2. The van der Waals surface area contributed by atoms with E-state index >= 15 is 0 Å². The maximum atomic E-state index is 12.5. The van der Waals surface area contributed by atoms with Gasteiger partial charge in [0.25, 0.3) is 0 Å². The molecule has 9 heteroatoms. The second kappa shape index (κ2) is 13.1. The summed E-state index contributed by atoms with van der Waals surface area (Å²) >= 11 is 0. The SMILES string of the molecule is COCCOC(=O)N1CCc2c(OCCc3nc(C4=CCC=CC=C4)oc3C)ccc(CCC(=O)O)c2C1. The lowest BCUT2D eigenvalue weighted by Crippen LogP contribution is -2.37. The first-order chi connectivity index (χ1) is 18.5. The quantitative estimate of drug-likeness (QED) is 0.424. The van der Waals surface area contributed by atoms with Gasteiger partial charge < -0.3 is 28.6 Å².